The SMILES string of the molecule is CC1[C@H](C)N(C(=O)c2ccc(S(=O)CC(=O)N3CC4(COC(=O)N4)C3)c(Cl)c2)CCN1c1cccc(Cl)c1. The van der Waals surface area contributed by atoms with E-state index in [0.29, 0.717) is 41.7 Å². The Morgan fingerprint density at radius 1 is 1.11 bits per heavy atom. The molecule has 3 aliphatic heterocycles. The van der Waals surface area contributed by atoms with E-state index in [-0.39, 0.29) is 41.3 Å². The molecule has 5 rings (SSSR count). The van der Waals surface area contributed by atoms with Crippen LogP contribution in [0.1, 0.15) is 24.2 Å². The zero-order valence-corrected chi connectivity index (χ0v) is 23.3. The minimum absolute atomic E-state index is 0.0594. The van der Waals surface area contributed by atoms with Crippen molar-refractivity contribution in [2.75, 3.05) is 43.4 Å². The highest BCUT2D eigenvalue weighted by Crippen LogP contribution is 2.30. The van der Waals surface area contributed by atoms with E-state index in [0.717, 1.165) is 5.69 Å². The number of benzene rings is 2. The molecule has 12 heteroatoms. The van der Waals surface area contributed by atoms with E-state index in [1.165, 1.54) is 11.0 Å². The summed E-state index contributed by atoms with van der Waals surface area (Å²) in [6, 6.07) is 12.4. The molecule has 3 fully saturated rings. The van der Waals surface area contributed by atoms with Crippen molar-refractivity contribution in [3.63, 3.8) is 0 Å². The monoisotopic (exact) mass is 578 g/mol. The fraction of sp³-hybridized carbons (Fsp3) is 0.423. The number of cyclic esters (lactones) is 1. The van der Waals surface area contributed by atoms with Crippen LogP contribution in [0.5, 0.6) is 0 Å². The van der Waals surface area contributed by atoms with Gasteiger partial charge in [0.2, 0.25) is 5.91 Å². The third-order valence-electron chi connectivity index (χ3n) is 7.53. The number of amides is 3. The summed E-state index contributed by atoms with van der Waals surface area (Å²) in [5.41, 5.74) is 0.879. The van der Waals surface area contributed by atoms with E-state index in [2.05, 4.69) is 17.1 Å². The zero-order chi connectivity index (χ0) is 27.2. The van der Waals surface area contributed by atoms with Crippen molar-refractivity contribution < 1.29 is 23.3 Å². The van der Waals surface area contributed by atoms with E-state index >= 15 is 0 Å². The highest BCUT2D eigenvalue weighted by molar-refractivity contribution is 7.85. The Hall–Kier alpha value is -2.82. The number of hydrogen-bond donors (Lipinski definition) is 1. The van der Waals surface area contributed by atoms with Crippen LogP contribution >= 0.6 is 23.2 Å². The lowest BCUT2D eigenvalue weighted by Crippen LogP contribution is -2.70. The molecule has 0 aliphatic carbocycles. The summed E-state index contributed by atoms with van der Waals surface area (Å²) in [4.78, 5) is 43.2. The second kappa shape index (κ2) is 10.4. The van der Waals surface area contributed by atoms with Crippen LogP contribution in [0.2, 0.25) is 10.0 Å². The van der Waals surface area contributed by atoms with Gasteiger partial charge in [0.1, 0.15) is 17.9 Å². The van der Waals surface area contributed by atoms with Crippen molar-refractivity contribution in [1.82, 2.24) is 15.1 Å². The van der Waals surface area contributed by atoms with Crippen molar-refractivity contribution in [3.8, 4) is 0 Å². The maximum absolute atomic E-state index is 13.4. The lowest BCUT2D eigenvalue weighted by atomic mass is 9.92. The van der Waals surface area contributed by atoms with Crippen LogP contribution in [0.25, 0.3) is 0 Å². The molecule has 1 N–H and O–H groups in total. The predicted molar refractivity (Wildman–Crippen MR) is 145 cm³/mol. The van der Waals surface area contributed by atoms with Crippen LogP contribution in [-0.2, 0) is 20.3 Å². The van der Waals surface area contributed by atoms with Gasteiger partial charge in [0.25, 0.3) is 5.91 Å². The normalized spacial score (nSPS) is 23.1. The number of hydrogen-bond acceptors (Lipinski definition) is 6. The smallest absolute Gasteiger partial charge is 0.407 e. The maximum Gasteiger partial charge on any atom is 0.407 e. The fourth-order valence-corrected chi connectivity index (χ4v) is 6.92. The van der Waals surface area contributed by atoms with Crippen LogP contribution in [0.15, 0.2) is 47.4 Å². The number of alkyl carbamates (subject to hydrolysis) is 1. The van der Waals surface area contributed by atoms with Crippen molar-refractivity contribution in [2.45, 2.75) is 36.4 Å². The molecule has 2 aromatic carbocycles. The lowest BCUT2D eigenvalue weighted by molar-refractivity contribution is -0.136. The van der Waals surface area contributed by atoms with Gasteiger partial charge in [-0.15, -0.1) is 0 Å². The summed E-state index contributed by atoms with van der Waals surface area (Å²) in [6.07, 6.45) is -0.492. The molecule has 2 aromatic rings. The number of carbonyl (C=O) groups is 3. The summed E-state index contributed by atoms with van der Waals surface area (Å²) < 4.78 is 17.9. The van der Waals surface area contributed by atoms with Crippen LogP contribution < -0.4 is 10.2 Å². The predicted octanol–water partition coefficient (Wildman–Crippen LogP) is 3.16. The summed E-state index contributed by atoms with van der Waals surface area (Å²) >= 11 is 12.6. The van der Waals surface area contributed by atoms with Gasteiger partial charge < -0.3 is 24.8 Å². The number of anilines is 1. The molecule has 1 spiro atoms. The van der Waals surface area contributed by atoms with Gasteiger partial charge in [0.05, 0.1) is 20.7 Å². The van der Waals surface area contributed by atoms with Gasteiger partial charge in [0, 0.05) is 54.5 Å². The molecule has 3 aliphatic rings. The maximum atomic E-state index is 13.4. The zero-order valence-electron chi connectivity index (χ0n) is 21.0. The Bertz CT molecular complexity index is 1320. The standard InChI is InChI=1S/C26H28Cl2N4O5S/c1-16-17(2)32(9-8-31(16)20-5-3-4-19(27)11-20)24(34)18-6-7-22(21(28)10-18)38(36)12-23(33)30-13-26(14-30)15-37-25(35)29-26/h3-7,10-11,16-17H,8-9,12-15H2,1-2H3,(H,29,35)/t16?,17-,38?/m0/s1. The van der Waals surface area contributed by atoms with E-state index in [1.807, 2.05) is 36.1 Å². The minimum atomic E-state index is -1.68. The average molecular weight is 580 g/mol. The molecule has 0 saturated carbocycles. The van der Waals surface area contributed by atoms with Gasteiger partial charge >= 0.3 is 6.09 Å². The molecular weight excluding hydrogens is 551 g/mol. The lowest BCUT2D eigenvalue weighted by Gasteiger charge is -2.46. The Morgan fingerprint density at radius 3 is 2.53 bits per heavy atom. The highest BCUT2D eigenvalue weighted by Gasteiger charge is 2.51. The Balaban J connectivity index is 1.21. The Labute approximate surface area is 233 Å². The molecule has 3 saturated heterocycles. The minimum Gasteiger partial charge on any atom is -0.447 e. The molecule has 3 atom stereocenters. The molecule has 0 radical (unpaired) electrons. The topological polar surface area (TPSA) is 99.3 Å². The number of halogens is 2. The first-order valence-electron chi connectivity index (χ1n) is 12.3. The van der Waals surface area contributed by atoms with Gasteiger partial charge in [-0.1, -0.05) is 29.3 Å². The van der Waals surface area contributed by atoms with Crippen LogP contribution in [0.4, 0.5) is 10.5 Å². The number of nitrogens with zero attached hydrogens (tertiary/aromatic N) is 3. The van der Waals surface area contributed by atoms with Crippen molar-refractivity contribution >= 4 is 57.6 Å². The average Bonchev–Trinajstić information content (AvgIpc) is 3.26. The molecule has 2 unspecified atom stereocenters. The van der Waals surface area contributed by atoms with Gasteiger partial charge in [-0.25, -0.2) is 4.79 Å². The molecule has 0 aromatic heterocycles. The van der Waals surface area contributed by atoms with Crippen molar-refractivity contribution in [2.24, 2.45) is 0 Å². The van der Waals surface area contributed by atoms with Crippen molar-refractivity contribution in [3.05, 3.63) is 58.1 Å². The van der Waals surface area contributed by atoms with Crippen LogP contribution in [0, 0.1) is 0 Å². The molecule has 202 valence electrons. The molecule has 3 amide bonds. The van der Waals surface area contributed by atoms with Gasteiger partial charge in [-0.2, -0.15) is 0 Å². The van der Waals surface area contributed by atoms with Crippen molar-refractivity contribution in [1.29, 1.82) is 0 Å². The largest absolute Gasteiger partial charge is 0.447 e. The Morgan fingerprint density at radius 2 is 1.87 bits per heavy atom. The second-order valence-electron chi connectivity index (χ2n) is 10.0. The number of rotatable bonds is 5. The summed E-state index contributed by atoms with van der Waals surface area (Å²) in [5.74, 6) is -0.693. The van der Waals surface area contributed by atoms with Gasteiger partial charge in [-0.05, 0) is 50.2 Å². The van der Waals surface area contributed by atoms with Gasteiger partial charge in [0.15, 0.2) is 0 Å². The molecule has 3 heterocycles. The van der Waals surface area contributed by atoms with E-state index in [1.54, 1.807) is 12.1 Å². The molecule has 38 heavy (non-hydrogen) atoms. The molecule has 0 bridgehead atoms. The number of ether oxygens (including phenoxy) is 1. The highest BCUT2D eigenvalue weighted by atomic mass is 35.5. The van der Waals surface area contributed by atoms with E-state index in [9.17, 15) is 18.6 Å². The number of nitrogens with one attached hydrogen (secondary N) is 1. The third kappa shape index (κ3) is 5.09. The quantitative estimate of drug-likeness (QED) is 0.585. The van der Waals surface area contributed by atoms with Crippen LogP contribution in [-0.4, -0.2) is 88.1 Å². The number of carbonyl (C=O) groups excluding carboxylic acids is 3. The first-order chi connectivity index (χ1) is 18.1. The first-order valence-corrected chi connectivity index (χ1v) is 14.4. The second-order valence-corrected chi connectivity index (χ2v) is 12.3. The van der Waals surface area contributed by atoms with Gasteiger partial charge in [-0.3, -0.25) is 13.8 Å². The van der Waals surface area contributed by atoms with E-state index < -0.39 is 22.4 Å². The molecular formula is C26H28Cl2N4O5S. The first kappa shape index (κ1) is 26.8. The summed E-state index contributed by atoms with van der Waals surface area (Å²) in [7, 11) is -1.68. The third-order valence-corrected chi connectivity index (χ3v) is 9.54. The Kier molecular flexibility index (Phi) is 7.32. The van der Waals surface area contributed by atoms with E-state index in [4.69, 9.17) is 27.9 Å². The summed E-state index contributed by atoms with van der Waals surface area (Å²) in [5, 5.41) is 3.56. The molecule has 9 nitrogen and oxygen atoms in total. The number of likely N-dealkylation sites (tertiary alicyclic amines) is 1. The van der Waals surface area contributed by atoms with Crippen LogP contribution in [0.3, 0.4) is 0 Å². The number of piperazine rings is 1. The summed E-state index contributed by atoms with van der Waals surface area (Å²) in [6.45, 7) is 6.12. The fourth-order valence-electron chi connectivity index (χ4n) is 5.24.